The highest BCUT2D eigenvalue weighted by atomic mass is 19.1. The number of urea groups is 1. The number of nitrogens with zero attached hydrogens (tertiary/aromatic N) is 2. The van der Waals surface area contributed by atoms with Gasteiger partial charge in [0, 0.05) is 32.6 Å². The molecular weight excluding hydrogens is 441 g/mol. The highest BCUT2D eigenvalue weighted by molar-refractivity contribution is 5.93. The quantitative estimate of drug-likeness (QED) is 0.305. The topological polar surface area (TPSA) is 114 Å². The number of hydrogen-bond donors (Lipinski definition) is 4. The van der Waals surface area contributed by atoms with Gasteiger partial charge in [-0.15, -0.1) is 0 Å². The molecule has 1 aliphatic heterocycles. The van der Waals surface area contributed by atoms with E-state index < -0.39 is 23.2 Å². The molecule has 1 saturated heterocycles. The molecule has 1 heterocycles. The molecule has 1 aromatic rings. The lowest BCUT2D eigenvalue weighted by atomic mass is 9.84. The average Bonchev–Trinajstić information content (AvgIpc) is 3.28. The number of benzene rings is 1. The summed E-state index contributed by atoms with van der Waals surface area (Å²) in [6.07, 6.45) is 5.40. The van der Waals surface area contributed by atoms with Gasteiger partial charge in [0.1, 0.15) is 12.4 Å². The zero-order valence-corrected chi connectivity index (χ0v) is 20.0. The van der Waals surface area contributed by atoms with Crippen molar-refractivity contribution in [2.45, 2.75) is 52.4 Å². The van der Waals surface area contributed by atoms with Gasteiger partial charge in [0.15, 0.2) is 0 Å². The van der Waals surface area contributed by atoms with Crippen LogP contribution in [-0.4, -0.2) is 60.7 Å². The molecular formula is C24H36FN5O4. The lowest BCUT2D eigenvalue weighted by molar-refractivity contribution is -0.141. The third-order valence-corrected chi connectivity index (χ3v) is 6.53. The van der Waals surface area contributed by atoms with Crippen molar-refractivity contribution in [1.29, 1.82) is 0 Å². The summed E-state index contributed by atoms with van der Waals surface area (Å²) in [6.45, 7) is 5.94. The Morgan fingerprint density at radius 2 is 1.88 bits per heavy atom. The van der Waals surface area contributed by atoms with Crippen LogP contribution >= 0.6 is 0 Å². The maximum atomic E-state index is 13.8. The Hall–Kier alpha value is -2.88. The van der Waals surface area contributed by atoms with E-state index >= 15 is 0 Å². The van der Waals surface area contributed by atoms with Crippen LogP contribution in [-0.2, 0) is 9.59 Å². The molecule has 1 aliphatic carbocycles. The summed E-state index contributed by atoms with van der Waals surface area (Å²) in [5.41, 5.74) is 2.21. The summed E-state index contributed by atoms with van der Waals surface area (Å²) in [4.78, 5) is 40.8. The van der Waals surface area contributed by atoms with Crippen molar-refractivity contribution < 1.29 is 24.0 Å². The Labute approximate surface area is 200 Å². The summed E-state index contributed by atoms with van der Waals surface area (Å²) in [5.74, 6) is -0.891. The van der Waals surface area contributed by atoms with Crippen LogP contribution in [0.25, 0.3) is 0 Å². The lowest BCUT2D eigenvalue weighted by Gasteiger charge is -2.34. The molecule has 0 unspecified atom stereocenters. The lowest BCUT2D eigenvalue weighted by Crippen LogP contribution is -2.46. The number of anilines is 2. The van der Waals surface area contributed by atoms with Gasteiger partial charge in [0.05, 0.1) is 11.4 Å². The fourth-order valence-corrected chi connectivity index (χ4v) is 4.36. The Kier molecular flexibility index (Phi) is 8.71. The zero-order chi connectivity index (χ0) is 24.7. The number of hydrogen-bond acceptors (Lipinski definition) is 5. The highest BCUT2D eigenvalue weighted by Gasteiger charge is 2.30. The number of nitrogens with one attached hydrogen (secondary N) is 3. The first-order valence-corrected chi connectivity index (χ1v) is 12.0. The average molecular weight is 478 g/mol. The van der Waals surface area contributed by atoms with E-state index in [4.69, 9.17) is 5.21 Å². The first kappa shape index (κ1) is 25.7. The molecule has 188 valence electrons. The van der Waals surface area contributed by atoms with Gasteiger partial charge in [-0.25, -0.2) is 14.7 Å². The van der Waals surface area contributed by atoms with Gasteiger partial charge in [0.25, 0.3) is 5.91 Å². The monoisotopic (exact) mass is 477 g/mol. The van der Waals surface area contributed by atoms with Gasteiger partial charge < -0.3 is 20.4 Å². The minimum absolute atomic E-state index is 0.123. The summed E-state index contributed by atoms with van der Waals surface area (Å²) in [7, 11) is 0. The molecule has 3 rings (SSSR count). The molecule has 2 fully saturated rings. The summed E-state index contributed by atoms with van der Waals surface area (Å²) >= 11 is 0. The third-order valence-electron chi connectivity index (χ3n) is 6.53. The predicted octanol–water partition coefficient (Wildman–Crippen LogP) is 3.10. The molecule has 0 spiro atoms. The Morgan fingerprint density at radius 1 is 1.18 bits per heavy atom. The molecule has 0 bridgehead atoms. The minimum Gasteiger partial charge on any atom is -0.370 e. The van der Waals surface area contributed by atoms with Crippen molar-refractivity contribution in [2.24, 2.45) is 11.3 Å². The largest absolute Gasteiger partial charge is 0.370 e. The van der Waals surface area contributed by atoms with Crippen molar-refractivity contribution in [3.8, 4) is 0 Å². The normalized spacial score (nSPS) is 16.1. The number of amides is 4. The van der Waals surface area contributed by atoms with Crippen LogP contribution < -0.4 is 21.0 Å². The van der Waals surface area contributed by atoms with E-state index in [1.807, 2.05) is 13.8 Å². The molecule has 4 N–H and O–H groups in total. The predicted molar refractivity (Wildman–Crippen MR) is 127 cm³/mol. The highest BCUT2D eigenvalue weighted by Crippen LogP contribution is 2.30. The second-order valence-corrected chi connectivity index (χ2v) is 10.1. The number of rotatable bonds is 10. The van der Waals surface area contributed by atoms with Gasteiger partial charge in [-0.3, -0.25) is 14.8 Å². The second-order valence-electron chi connectivity index (χ2n) is 10.1. The Bertz CT molecular complexity index is 884. The third kappa shape index (κ3) is 7.31. The van der Waals surface area contributed by atoms with Gasteiger partial charge in [-0.2, -0.15) is 0 Å². The Morgan fingerprint density at radius 3 is 2.50 bits per heavy atom. The second kappa shape index (κ2) is 11.5. The molecule has 4 amide bonds. The minimum atomic E-state index is -0.633. The molecule has 0 atom stereocenters. The molecule has 1 aromatic carbocycles. The van der Waals surface area contributed by atoms with Crippen molar-refractivity contribution >= 4 is 29.2 Å². The number of carbonyl (C=O) groups is 3. The van der Waals surface area contributed by atoms with Crippen molar-refractivity contribution in [1.82, 2.24) is 15.7 Å². The standard InChI is InChI=1S/C24H36FN5O4/c1-24(2,13-22(32)30(15-21(31)28-34)14-17-6-5-7-17)16-26-23(33)27-19-12-18(25)8-9-20(19)29-10-3-4-11-29/h8-9,12,17,34H,3-7,10-11,13-16H2,1-2H3,(H,28,31)(H2,26,27,33). The van der Waals surface area contributed by atoms with Crippen molar-refractivity contribution in [3.05, 3.63) is 24.0 Å². The maximum absolute atomic E-state index is 13.8. The molecule has 0 radical (unpaired) electrons. The smallest absolute Gasteiger partial charge is 0.319 e. The molecule has 34 heavy (non-hydrogen) atoms. The van der Waals surface area contributed by atoms with E-state index in [1.54, 1.807) is 11.5 Å². The fraction of sp³-hybridized carbons (Fsp3) is 0.625. The number of hydroxylamine groups is 1. The first-order chi connectivity index (χ1) is 16.2. The van der Waals surface area contributed by atoms with Crippen LogP contribution in [0.3, 0.4) is 0 Å². The van der Waals surface area contributed by atoms with E-state index in [1.165, 1.54) is 17.0 Å². The fourth-order valence-electron chi connectivity index (χ4n) is 4.36. The van der Waals surface area contributed by atoms with E-state index in [0.717, 1.165) is 50.9 Å². The first-order valence-electron chi connectivity index (χ1n) is 12.0. The van der Waals surface area contributed by atoms with E-state index in [-0.39, 0.29) is 25.4 Å². The zero-order valence-electron chi connectivity index (χ0n) is 20.0. The van der Waals surface area contributed by atoms with Gasteiger partial charge in [-0.05, 0) is 55.2 Å². The van der Waals surface area contributed by atoms with Crippen molar-refractivity contribution in [3.63, 3.8) is 0 Å². The van der Waals surface area contributed by atoms with Crippen LogP contribution in [0.5, 0.6) is 0 Å². The SMILES string of the molecule is CC(C)(CNC(=O)Nc1cc(F)ccc1N1CCCC1)CC(=O)N(CC(=O)NO)CC1CCC1. The van der Waals surface area contributed by atoms with Crippen LogP contribution in [0, 0.1) is 17.2 Å². The summed E-state index contributed by atoms with van der Waals surface area (Å²) < 4.78 is 13.8. The maximum Gasteiger partial charge on any atom is 0.319 e. The summed E-state index contributed by atoms with van der Waals surface area (Å²) in [5, 5.41) is 14.4. The molecule has 9 nitrogen and oxygen atoms in total. The number of halogens is 1. The van der Waals surface area contributed by atoms with E-state index in [0.29, 0.717) is 18.2 Å². The van der Waals surface area contributed by atoms with E-state index in [2.05, 4.69) is 15.5 Å². The molecule has 2 aliphatic rings. The van der Waals surface area contributed by atoms with Crippen molar-refractivity contribution in [2.75, 3.05) is 42.9 Å². The molecule has 1 saturated carbocycles. The number of carbonyl (C=O) groups excluding carboxylic acids is 3. The van der Waals surface area contributed by atoms with Gasteiger partial charge >= 0.3 is 6.03 Å². The Balaban J connectivity index is 1.55. The van der Waals surface area contributed by atoms with Gasteiger partial charge in [0.2, 0.25) is 5.91 Å². The molecule has 0 aromatic heterocycles. The van der Waals surface area contributed by atoms with Gasteiger partial charge in [-0.1, -0.05) is 20.3 Å². The summed E-state index contributed by atoms with van der Waals surface area (Å²) in [6, 6.07) is 3.90. The van der Waals surface area contributed by atoms with Crippen LogP contribution in [0.1, 0.15) is 52.4 Å². The van der Waals surface area contributed by atoms with Crippen LogP contribution in [0.4, 0.5) is 20.6 Å². The van der Waals surface area contributed by atoms with Crippen LogP contribution in [0.15, 0.2) is 18.2 Å². The van der Waals surface area contributed by atoms with E-state index in [9.17, 15) is 18.8 Å². The van der Waals surface area contributed by atoms with Crippen LogP contribution in [0.2, 0.25) is 0 Å². The molecule has 10 heteroatoms.